The number of nitrogens with one attached hydrogen (secondary N) is 3. The summed E-state index contributed by atoms with van der Waals surface area (Å²) in [6.07, 6.45) is 9.21. The third-order valence-corrected chi connectivity index (χ3v) is 7.14. The van der Waals surface area contributed by atoms with Gasteiger partial charge in [0.25, 0.3) is 0 Å². The number of esters is 1. The van der Waals surface area contributed by atoms with Gasteiger partial charge in [0.1, 0.15) is 6.61 Å². The number of aromatic nitrogens is 1. The number of hydrogen-bond acceptors (Lipinski definition) is 5. The summed E-state index contributed by atoms with van der Waals surface area (Å²) in [5.41, 5.74) is 2.96. The summed E-state index contributed by atoms with van der Waals surface area (Å²) in [6.45, 7) is 7.27. The van der Waals surface area contributed by atoms with Crippen LogP contribution in [0.1, 0.15) is 49.7 Å². The van der Waals surface area contributed by atoms with Gasteiger partial charge >= 0.3 is 5.97 Å². The third kappa shape index (κ3) is 10.7. The lowest BCUT2D eigenvalue weighted by atomic mass is 9.97. The van der Waals surface area contributed by atoms with Crippen LogP contribution in [0.5, 0.6) is 0 Å². The molecule has 0 fully saturated rings. The van der Waals surface area contributed by atoms with Gasteiger partial charge in [0.2, 0.25) is 11.8 Å². The van der Waals surface area contributed by atoms with Crippen molar-refractivity contribution in [3.63, 3.8) is 0 Å². The smallest absolute Gasteiger partial charge is 0.305 e. The minimum atomic E-state index is -0.668. The summed E-state index contributed by atoms with van der Waals surface area (Å²) >= 11 is 0. The number of aliphatic hydroxyl groups excluding tert-OH is 1. The van der Waals surface area contributed by atoms with E-state index in [0.717, 1.165) is 34.9 Å². The number of rotatable bonds is 19. The molecule has 0 unspecified atom stereocenters. The van der Waals surface area contributed by atoms with Crippen LogP contribution in [0.2, 0.25) is 0 Å². The zero-order valence-electron chi connectivity index (χ0n) is 24.2. The molecule has 0 aliphatic carbocycles. The van der Waals surface area contributed by atoms with E-state index >= 15 is 0 Å². The van der Waals surface area contributed by atoms with Crippen LogP contribution in [-0.4, -0.2) is 53.2 Å². The molecule has 1 heterocycles. The van der Waals surface area contributed by atoms with E-state index in [1.165, 1.54) is 0 Å². The fourth-order valence-corrected chi connectivity index (χ4v) is 4.91. The maximum atomic E-state index is 13.5. The molecule has 0 bridgehead atoms. The highest BCUT2D eigenvalue weighted by Crippen LogP contribution is 2.20. The van der Waals surface area contributed by atoms with Crippen molar-refractivity contribution < 1.29 is 24.2 Å². The quantitative estimate of drug-likeness (QED) is 0.0934. The first-order valence-electron chi connectivity index (χ1n) is 14.6. The summed E-state index contributed by atoms with van der Waals surface area (Å²) in [5, 5.41) is 16.7. The van der Waals surface area contributed by atoms with E-state index in [9.17, 15) is 19.5 Å². The number of aromatic amines is 1. The van der Waals surface area contributed by atoms with E-state index in [-0.39, 0.29) is 37.4 Å². The molecule has 42 heavy (non-hydrogen) atoms. The third-order valence-electron chi connectivity index (χ3n) is 7.14. The van der Waals surface area contributed by atoms with E-state index in [1.807, 2.05) is 66.9 Å². The number of carbonyl (C=O) groups is 3. The first-order valence-corrected chi connectivity index (χ1v) is 14.6. The van der Waals surface area contributed by atoms with Crippen molar-refractivity contribution in [3.8, 4) is 0 Å². The number of allylic oxidation sites excluding steroid dienone is 2. The Morgan fingerprint density at radius 1 is 0.929 bits per heavy atom. The van der Waals surface area contributed by atoms with E-state index in [0.29, 0.717) is 32.1 Å². The van der Waals surface area contributed by atoms with Gasteiger partial charge in [-0.1, -0.05) is 60.7 Å². The fourth-order valence-electron chi connectivity index (χ4n) is 4.91. The van der Waals surface area contributed by atoms with E-state index in [1.54, 1.807) is 6.08 Å². The van der Waals surface area contributed by atoms with Crippen molar-refractivity contribution >= 4 is 28.7 Å². The first-order chi connectivity index (χ1) is 20.4. The Bertz CT molecular complexity index is 1300. The summed E-state index contributed by atoms with van der Waals surface area (Å²) in [6, 6.07) is 16.5. The molecule has 0 aliphatic heterocycles. The molecule has 2 amide bonds. The zero-order chi connectivity index (χ0) is 30.2. The Balaban J connectivity index is 1.65. The molecule has 0 saturated heterocycles. The van der Waals surface area contributed by atoms with Gasteiger partial charge in [-0.05, 0) is 55.7 Å². The second kappa shape index (κ2) is 17.6. The summed E-state index contributed by atoms with van der Waals surface area (Å²) in [5.74, 6) is -1.63. The minimum Gasteiger partial charge on any atom is -0.463 e. The number of carbonyl (C=O) groups excluding carboxylic acids is 3. The molecule has 3 aromatic rings. The van der Waals surface area contributed by atoms with Crippen LogP contribution in [0.3, 0.4) is 0 Å². The van der Waals surface area contributed by atoms with Crippen molar-refractivity contribution in [1.82, 2.24) is 15.6 Å². The maximum Gasteiger partial charge on any atom is 0.305 e. The highest BCUT2D eigenvalue weighted by atomic mass is 16.5. The van der Waals surface area contributed by atoms with Crippen molar-refractivity contribution in [1.29, 1.82) is 0 Å². The van der Waals surface area contributed by atoms with Gasteiger partial charge < -0.3 is 25.5 Å². The predicted molar refractivity (Wildman–Crippen MR) is 166 cm³/mol. The van der Waals surface area contributed by atoms with E-state index < -0.39 is 18.0 Å². The van der Waals surface area contributed by atoms with Crippen molar-refractivity contribution in [3.05, 3.63) is 97.2 Å². The van der Waals surface area contributed by atoms with Crippen molar-refractivity contribution in [2.45, 2.75) is 63.5 Å². The normalized spacial score (nSPS) is 13.1. The van der Waals surface area contributed by atoms with Gasteiger partial charge in [0, 0.05) is 29.9 Å². The number of benzene rings is 2. The Morgan fingerprint density at radius 3 is 2.43 bits per heavy atom. The molecule has 0 aliphatic rings. The Hall–Kier alpha value is -4.17. The largest absolute Gasteiger partial charge is 0.463 e. The van der Waals surface area contributed by atoms with Gasteiger partial charge in [-0.2, -0.15) is 0 Å². The lowest BCUT2D eigenvalue weighted by Crippen LogP contribution is -2.45. The lowest BCUT2D eigenvalue weighted by Gasteiger charge is -2.23. The Kier molecular flexibility index (Phi) is 13.6. The fraction of sp³-hybridized carbons (Fsp3) is 0.382. The Morgan fingerprint density at radius 2 is 1.69 bits per heavy atom. The highest BCUT2D eigenvalue weighted by Gasteiger charge is 2.26. The minimum absolute atomic E-state index is 0.0161. The van der Waals surface area contributed by atoms with Gasteiger partial charge in [0.15, 0.2) is 0 Å². The van der Waals surface area contributed by atoms with Gasteiger partial charge in [-0.3, -0.25) is 14.4 Å². The van der Waals surface area contributed by atoms with Crippen molar-refractivity contribution in [2.75, 3.05) is 13.2 Å². The Labute approximate surface area is 248 Å². The molecular weight excluding hydrogens is 530 g/mol. The van der Waals surface area contributed by atoms with Crippen LogP contribution in [-0.2, 0) is 32.0 Å². The number of ether oxygens (including phenoxy) is 1. The summed E-state index contributed by atoms with van der Waals surface area (Å²) in [4.78, 5) is 42.0. The average Bonchev–Trinajstić information content (AvgIpc) is 3.40. The second-order valence-electron chi connectivity index (χ2n) is 10.5. The summed E-state index contributed by atoms with van der Waals surface area (Å²) in [7, 11) is 0. The topological polar surface area (TPSA) is 121 Å². The molecule has 1 aromatic heterocycles. The summed E-state index contributed by atoms with van der Waals surface area (Å²) < 4.78 is 5.57. The molecule has 224 valence electrons. The average molecular weight is 574 g/mol. The molecule has 0 radical (unpaired) electrons. The molecule has 3 rings (SSSR count). The van der Waals surface area contributed by atoms with Crippen LogP contribution >= 0.6 is 0 Å². The standard InChI is InChI=1S/C34H43N3O5/c1-3-5-6-10-18-33(40)42-24-29(20-27-22-35-31-17-12-11-16-30(27)31)37-34(41)26(13-4-2)21-32(39)36-28(23-38)19-25-14-8-7-9-15-25/h3-4,7-9,11-12,14-17,22,26,28-29,35,38H,1-2,5-6,10,13,18-21,23-24H2,(H,36,39)(H,37,41)/t26-,28-,29+/m1/s1. The van der Waals surface area contributed by atoms with Gasteiger partial charge in [-0.25, -0.2) is 0 Å². The number of amides is 2. The molecule has 8 nitrogen and oxygen atoms in total. The molecule has 8 heteroatoms. The van der Waals surface area contributed by atoms with Crippen LogP contribution in [0.15, 0.2) is 86.1 Å². The predicted octanol–water partition coefficient (Wildman–Crippen LogP) is 4.79. The second-order valence-corrected chi connectivity index (χ2v) is 10.5. The van der Waals surface area contributed by atoms with Gasteiger partial charge in [0.05, 0.1) is 24.6 Å². The molecule has 0 spiro atoms. The van der Waals surface area contributed by atoms with Crippen LogP contribution < -0.4 is 10.6 Å². The van der Waals surface area contributed by atoms with E-state index in [4.69, 9.17) is 4.74 Å². The van der Waals surface area contributed by atoms with E-state index in [2.05, 4.69) is 28.8 Å². The molecular formula is C34H43N3O5. The number of aliphatic hydroxyl groups is 1. The SMILES string of the molecule is C=CCCCCC(=O)OC[C@H](Cc1c[nH]c2ccccc12)NC(=O)[C@H](CC=C)CC(=O)N[C@@H](CO)Cc1ccccc1. The maximum absolute atomic E-state index is 13.5. The van der Waals surface area contributed by atoms with Gasteiger partial charge in [-0.15, -0.1) is 13.2 Å². The van der Waals surface area contributed by atoms with Crippen LogP contribution in [0.25, 0.3) is 10.9 Å². The molecule has 4 N–H and O–H groups in total. The number of unbranched alkanes of at least 4 members (excludes halogenated alkanes) is 2. The number of fused-ring (bicyclic) bond motifs is 1. The zero-order valence-corrected chi connectivity index (χ0v) is 24.2. The number of hydrogen-bond donors (Lipinski definition) is 4. The number of para-hydroxylation sites is 1. The monoisotopic (exact) mass is 573 g/mol. The van der Waals surface area contributed by atoms with Crippen molar-refractivity contribution in [2.24, 2.45) is 5.92 Å². The van der Waals surface area contributed by atoms with Crippen LogP contribution in [0.4, 0.5) is 0 Å². The molecule has 2 aromatic carbocycles. The number of H-pyrrole nitrogens is 1. The molecule has 3 atom stereocenters. The van der Waals surface area contributed by atoms with Crippen LogP contribution in [0, 0.1) is 5.92 Å². The lowest BCUT2D eigenvalue weighted by molar-refractivity contribution is -0.145. The molecule has 0 saturated carbocycles. The first kappa shape index (κ1) is 32.3. The highest BCUT2D eigenvalue weighted by molar-refractivity contribution is 5.86.